The van der Waals surface area contributed by atoms with Crippen LogP contribution in [0.3, 0.4) is 0 Å². The smallest absolute Gasteiger partial charge is 0.259 e. The van der Waals surface area contributed by atoms with Crippen molar-refractivity contribution in [3.05, 3.63) is 52.0 Å². The molecular weight excluding hydrogens is 246 g/mol. The summed E-state index contributed by atoms with van der Waals surface area (Å²) in [5.74, 6) is 0. The van der Waals surface area contributed by atoms with E-state index in [2.05, 4.69) is 5.10 Å². The van der Waals surface area contributed by atoms with Gasteiger partial charge in [0.25, 0.3) is 5.56 Å². The van der Waals surface area contributed by atoms with Crippen LogP contribution in [0.5, 0.6) is 0 Å². The Labute approximate surface area is 108 Å². The van der Waals surface area contributed by atoms with Gasteiger partial charge in [0.1, 0.15) is 0 Å². The zero-order valence-electron chi connectivity index (χ0n) is 10.0. The molecule has 4 nitrogen and oxygen atoms in total. The van der Waals surface area contributed by atoms with Crippen molar-refractivity contribution in [3.63, 3.8) is 0 Å². The zero-order valence-corrected chi connectivity index (χ0v) is 10.9. The number of hydrogen-bond donors (Lipinski definition) is 0. The Hall–Kier alpha value is -1.88. The third-order valence-electron chi connectivity index (χ3n) is 2.96. The van der Waals surface area contributed by atoms with Gasteiger partial charge < -0.3 is 4.57 Å². The maximum absolute atomic E-state index is 12.2. The molecular formula is C13H13N3OS. The molecule has 0 amide bonds. The average Bonchev–Trinajstić information content (AvgIpc) is 3.01. The summed E-state index contributed by atoms with van der Waals surface area (Å²) in [6.45, 7) is 3.46. The second-order valence-corrected chi connectivity index (χ2v) is 5.10. The standard InChI is InChI=1S/C13H13N3OS/c1-2-16-9-10(7-14-16)8-15-5-3-12-11(13(15)17)4-6-18-12/h3-7,9H,2,8H2,1H3. The molecule has 0 aliphatic carbocycles. The van der Waals surface area contributed by atoms with Gasteiger partial charge in [-0.25, -0.2) is 0 Å². The van der Waals surface area contributed by atoms with Crippen LogP contribution < -0.4 is 5.56 Å². The highest BCUT2D eigenvalue weighted by molar-refractivity contribution is 7.17. The summed E-state index contributed by atoms with van der Waals surface area (Å²) in [6, 6.07) is 3.87. The summed E-state index contributed by atoms with van der Waals surface area (Å²) < 4.78 is 4.63. The minimum atomic E-state index is 0.0676. The van der Waals surface area contributed by atoms with Crippen LogP contribution in [-0.4, -0.2) is 14.3 Å². The molecule has 0 N–H and O–H groups in total. The molecule has 0 radical (unpaired) electrons. The number of rotatable bonds is 3. The van der Waals surface area contributed by atoms with E-state index in [0.717, 1.165) is 22.2 Å². The fraction of sp³-hybridized carbons (Fsp3) is 0.231. The molecule has 0 aliphatic rings. The van der Waals surface area contributed by atoms with E-state index >= 15 is 0 Å². The first-order valence-corrected chi connectivity index (χ1v) is 6.74. The molecule has 0 aliphatic heterocycles. The van der Waals surface area contributed by atoms with E-state index < -0.39 is 0 Å². The lowest BCUT2D eigenvalue weighted by atomic mass is 10.3. The molecule has 0 bridgehead atoms. The molecule has 0 spiro atoms. The van der Waals surface area contributed by atoms with Crippen LogP contribution in [0.15, 0.2) is 40.9 Å². The lowest BCUT2D eigenvalue weighted by molar-refractivity contribution is 0.658. The van der Waals surface area contributed by atoms with Crippen LogP contribution in [0.4, 0.5) is 0 Å². The Morgan fingerprint density at radius 3 is 3.06 bits per heavy atom. The van der Waals surface area contributed by atoms with Crippen LogP contribution >= 0.6 is 11.3 Å². The van der Waals surface area contributed by atoms with E-state index in [1.807, 2.05) is 47.7 Å². The number of hydrogen-bond acceptors (Lipinski definition) is 3. The quantitative estimate of drug-likeness (QED) is 0.724. The van der Waals surface area contributed by atoms with Crippen LogP contribution in [0.1, 0.15) is 12.5 Å². The van der Waals surface area contributed by atoms with Crippen molar-refractivity contribution in [1.29, 1.82) is 0 Å². The fourth-order valence-electron chi connectivity index (χ4n) is 1.99. The Kier molecular flexibility index (Phi) is 2.76. The number of aryl methyl sites for hydroxylation is 1. The van der Waals surface area contributed by atoms with Crippen molar-refractivity contribution in [2.24, 2.45) is 0 Å². The normalized spacial score (nSPS) is 11.2. The highest BCUT2D eigenvalue weighted by atomic mass is 32.1. The van der Waals surface area contributed by atoms with Crippen molar-refractivity contribution >= 4 is 21.4 Å². The largest absolute Gasteiger partial charge is 0.310 e. The lowest BCUT2D eigenvalue weighted by Crippen LogP contribution is -2.19. The van der Waals surface area contributed by atoms with Gasteiger partial charge in [0.05, 0.1) is 18.1 Å². The predicted octanol–water partition coefficient (Wildman–Crippen LogP) is 2.33. The van der Waals surface area contributed by atoms with Gasteiger partial charge in [-0.05, 0) is 24.4 Å². The van der Waals surface area contributed by atoms with E-state index in [4.69, 9.17) is 0 Å². The minimum Gasteiger partial charge on any atom is -0.310 e. The van der Waals surface area contributed by atoms with Gasteiger partial charge in [0.15, 0.2) is 0 Å². The molecule has 18 heavy (non-hydrogen) atoms. The maximum Gasteiger partial charge on any atom is 0.259 e. The molecule has 3 heterocycles. The third kappa shape index (κ3) is 1.86. The first-order chi connectivity index (χ1) is 8.78. The van der Waals surface area contributed by atoms with Crippen LogP contribution in [-0.2, 0) is 13.1 Å². The van der Waals surface area contributed by atoms with Crippen molar-refractivity contribution in [2.45, 2.75) is 20.0 Å². The minimum absolute atomic E-state index is 0.0676. The highest BCUT2D eigenvalue weighted by Crippen LogP contribution is 2.16. The number of nitrogens with zero attached hydrogens (tertiary/aromatic N) is 3. The van der Waals surface area contributed by atoms with E-state index in [9.17, 15) is 4.79 Å². The van der Waals surface area contributed by atoms with E-state index in [1.54, 1.807) is 15.9 Å². The maximum atomic E-state index is 12.2. The molecule has 0 aromatic carbocycles. The van der Waals surface area contributed by atoms with Crippen LogP contribution in [0.25, 0.3) is 10.1 Å². The third-order valence-corrected chi connectivity index (χ3v) is 3.84. The molecule has 92 valence electrons. The van der Waals surface area contributed by atoms with Gasteiger partial charge in [-0.1, -0.05) is 0 Å². The van der Waals surface area contributed by atoms with Crippen molar-refractivity contribution in [1.82, 2.24) is 14.3 Å². The van der Waals surface area contributed by atoms with E-state index in [1.165, 1.54) is 0 Å². The summed E-state index contributed by atoms with van der Waals surface area (Å²) in [6.07, 6.45) is 5.64. The molecule has 0 saturated carbocycles. The number of aromatic nitrogens is 3. The van der Waals surface area contributed by atoms with Gasteiger partial charge in [-0.15, -0.1) is 11.3 Å². The van der Waals surface area contributed by atoms with Crippen LogP contribution in [0.2, 0.25) is 0 Å². The monoisotopic (exact) mass is 259 g/mol. The molecule has 0 unspecified atom stereocenters. The van der Waals surface area contributed by atoms with Crippen molar-refractivity contribution in [2.75, 3.05) is 0 Å². The van der Waals surface area contributed by atoms with Gasteiger partial charge in [-0.2, -0.15) is 5.10 Å². The predicted molar refractivity (Wildman–Crippen MR) is 73.1 cm³/mol. The van der Waals surface area contributed by atoms with Crippen LogP contribution in [0, 0.1) is 0 Å². The summed E-state index contributed by atoms with van der Waals surface area (Å²) in [5.41, 5.74) is 1.12. The topological polar surface area (TPSA) is 39.8 Å². The number of thiophene rings is 1. The van der Waals surface area contributed by atoms with Gasteiger partial charge in [0, 0.05) is 29.2 Å². The molecule has 5 heteroatoms. The summed E-state index contributed by atoms with van der Waals surface area (Å²) in [4.78, 5) is 12.2. The van der Waals surface area contributed by atoms with E-state index in [-0.39, 0.29) is 5.56 Å². The molecule has 3 rings (SSSR count). The molecule has 3 aromatic rings. The average molecular weight is 259 g/mol. The molecule has 0 fully saturated rings. The van der Waals surface area contributed by atoms with Crippen molar-refractivity contribution in [3.8, 4) is 0 Å². The number of pyridine rings is 1. The van der Waals surface area contributed by atoms with Gasteiger partial charge in [-0.3, -0.25) is 9.48 Å². The lowest BCUT2D eigenvalue weighted by Gasteiger charge is -2.03. The summed E-state index contributed by atoms with van der Waals surface area (Å²) in [7, 11) is 0. The first kappa shape index (κ1) is 11.2. The van der Waals surface area contributed by atoms with Gasteiger partial charge in [0.2, 0.25) is 0 Å². The molecule has 3 aromatic heterocycles. The second-order valence-electron chi connectivity index (χ2n) is 4.15. The zero-order chi connectivity index (χ0) is 12.5. The van der Waals surface area contributed by atoms with Gasteiger partial charge >= 0.3 is 0 Å². The van der Waals surface area contributed by atoms with Crippen molar-refractivity contribution < 1.29 is 0 Å². The Morgan fingerprint density at radius 1 is 1.39 bits per heavy atom. The summed E-state index contributed by atoms with van der Waals surface area (Å²) in [5, 5.41) is 6.96. The fourth-order valence-corrected chi connectivity index (χ4v) is 2.76. The van der Waals surface area contributed by atoms with E-state index in [0.29, 0.717) is 6.54 Å². The Bertz CT molecular complexity index is 738. The second kappa shape index (κ2) is 4.42. The Balaban J connectivity index is 1.99. The molecule has 0 atom stereocenters. The SMILES string of the molecule is CCn1cc(Cn2ccc3sccc3c2=O)cn1. The number of fused-ring (bicyclic) bond motifs is 1. The Morgan fingerprint density at radius 2 is 2.28 bits per heavy atom. The molecule has 0 saturated heterocycles. The highest BCUT2D eigenvalue weighted by Gasteiger charge is 2.05. The summed E-state index contributed by atoms with van der Waals surface area (Å²) >= 11 is 1.59. The first-order valence-electron chi connectivity index (χ1n) is 5.86.